The highest BCUT2D eigenvalue weighted by Gasteiger charge is 2.33. The molecule has 2 heterocycles. The number of likely N-dealkylation sites (tertiary alicyclic amines) is 1. The van der Waals surface area contributed by atoms with Gasteiger partial charge in [-0.3, -0.25) is 14.5 Å². The van der Waals surface area contributed by atoms with E-state index in [2.05, 4.69) is 4.98 Å². The van der Waals surface area contributed by atoms with Gasteiger partial charge in [0.15, 0.2) is 0 Å². The second-order valence-electron chi connectivity index (χ2n) is 4.97. The van der Waals surface area contributed by atoms with Crippen LogP contribution in [-0.2, 0) is 4.79 Å². The van der Waals surface area contributed by atoms with E-state index in [4.69, 9.17) is 5.73 Å². The normalized spacial score (nSPS) is 26.0. The van der Waals surface area contributed by atoms with Gasteiger partial charge in [0.25, 0.3) is 0 Å². The van der Waals surface area contributed by atoms with E-state index in [0.717, 1.165) is 5.56 Å². The lowest BCUT2D eigenvalue weighted by atomic mass is 9.89. The number of rotatable bonds is 3. The van der Waals surface area contributed by atoms with E-state index in [1.54, 1.807) is 13.0 Å². The highest BCUT2D eigenvalue weighted by molar-refractivity contribution is 5.79. The van der Waals surface area contributed by atoms with Gasteiger partial charge in [0.05, 0.1) is 6.04 Å². The Labute approximate surface area is 110 Å². The zero-order valence-electron chi connectivity index (χ0n) is 10.8. The molecule has 104 valence electrons. The number of hydrogen-bond donors (Lipinski definition) is 2. The van der Waals surface area contributed by atoms with E-state index >= 15 is 0 Å². The van der Waals surface area contributed by atoms with Crippen molar-refractivity contribution in [3.63, 3.8) is 0 Å². The van der Waals surface area contributed by atoms with Crippen molar-refractivity contribution in [1.29, 1.82) is 0 Å². The quantitative estimate of drug-likeness (QED) is 0.830. The van der Waals surface area contributed by atoms with Crippen molar-refractivity contribution in [3.05, 3.63) is 34.2 Å². The van der Waals surface area contributed by atoms with Gasteiger partial charge in [-0.05, 0) is 18.9 Å². The number of carbonyl (C=O) groups excluding carboxylic acids is 1. The molecule has 0 bridgehead atoms. The van der Waals surface area contributed by atoms with E-state index in [-0.39, 0.29) is 11.5 Å². The number of amides is 1. The molecule has 19 heavy (non-hydrogen) atoms. The molecule has 1 amide bonds. The fourth-order valence-corrected chi connectivity index (χ4v) is 2.45. The Morgan fingerprint density at radius 2 is 2.32 bits per heavy atom. The molecule has 0 saturated carbocycles. The predicted molar refractivity (Wildman–Crippen MR) is 69.5 cm³/mol. The number of alkyl halides is 1. The Morgan fingerprint density at radius 3 is 2.89 bits per heavy atom. The minimum atomic E-state index is -0.970. The largest absolute Gasteiger partial charge is 0.368 e. The maximum Gasteiger partial charge on any atom is 0.247 e. The Hall–Kier alpha value is -1.69. The second-order valence-corrected chi connectivity index (χ2v) is 4.97. The van der Waals surface area contributed by atoms with Crippen molar-refractivity contribution >= 4 is 5.91 Å². The SMILES string of the molecule is CC(C(N)=O)N1CC[C@@H](F)[C@@H](c2ccc(=O)[nH]c2)C1. The number of nitrogens with zero attached hydrogens (tertiary/aromatic N) is 1. The first-order chi connectivity index (χ1) is 8.99. The van der Waals surface area contributed by atoms with Gasteiger partial charge < -0.3 is 10.7 Å². The first kappa shape index (κ1) is 13.7. The molecule has 0 radical (unpaired) electrons. The Balaban J connectivity index is 2.16. The van der Waals surface area contributed by atoms with Crippen LogP contribution in [0.25, 0.3) is 0 Å². The summed E-state index contributed by atoms with van der Waals surface area (Å²) in [4.78, 5) is 26.7. The molecular weight excluding hydrogens is 249 g/mol. The maximum absolute atomic E-state index is 14.0. The summed E-state index contributed by atoms with van der Waals surface area (Å²) in [5.74, 6) is -0.745. The Kier molecular flexibility index (Phi) is 3.99. The molecule has 1 aliphatic heterocycles. The summed E-state index contributed by atoms with van der Waals surface area (Å²) in [7, 11) is 0. The minimum Gasteiger partial charge on any atom is -0.368 e. The zero-order valence-corrected chi connectivity index (χ0v) is 10.8. The summed E-state index contributed by atoms with van der Waals surface area (Å²) >= 11 is 0. The van der Waals surface area contributed by atoms with Crippen LogP contribution < -0.4 is 11.3 Å². The smallest absolute Gasteiger partial charge is 0.247 e. The van der Waals surface area contributed by atoms with E-state index in [1.165, 1.54) is 12.3 Å². The van der Waals surface area contributed by atoms with Gasteiger partial charge in [0.1, 0.15) is 6.17 Å². The predicted octanol–water partition coefficient (Wildman–Crippen LogP) is 0.376. The molecule has 0 aromatic carbocycles. The average Bonchev–Trinajstić information content (AvgIpc) is 2.39. The molecule has 6 heteroatoms. The van der Waals surface area contributed by atoms with E-state index in [1.807, 2.05) is 4.90 Å². The number of nitrogens with one attached hydrogen (secondary N) is 1. The third-order valence-corrected chi connectivity index (χ3v) is 3.76. The molecule has 0 spiro atoms. The molecular formula is C13H18FN3O2. The average molecular weight is 267 g/mol. The van der Waals surface area contributed by atoms with Gasteiger partial charge in [0, 0.05) is 31.3 Å². The highest BCUT2D eigenvalue weighted by atomic mass is 19.1. The Bertz CT molecular complexity index is 496. The number of piperidine rings is 1. The first-order valence-corrected chi connectivity index (χ1v) is 6.35. The number of halogens is 1. The highest BCUT2D eigenvalue weighted by Crippen LogP contribution is 2.29. The molecule has 5 nitrogen and oxygen atoms in total. The van der Waals surface area contributed by atoms with Crippen molar-refractivity contribution in [2.24, 2.45) is 5.73 Å². The summed E-state index contributed by atoms with van der Waals surface area (Å²) in [5.41, 5.74) is 5.82. The maximum atomic E-state index is 14.0. The molecule has 3 atom stereocenters. The molecule has 1 fully saturated rings. The van der Waals surface area contributed by atoms with Crippen LogP contribution in [0.2, 0.25) is 0 Å². The molecule has 3 N–H and O–H groups in total. The van der Waals surface area contributed by atoms with Crippen LogP contribution in [0.1, 0.15) is 24.8 Å². The van der Waals surface area contributed by atoms with Crippen LogP contribution in [0.3, 0.4) is 0 Å². The number of H-pyrrole nitrogens is 1. The lowest BCUT2D eigenvalue weighted by Crippen LogP contribution is -2.49. The number of pyridine rings is 1. The van der Waals surface area contributed by atoms with Crippen LogP contribution in [0.5, 0.6) is 0 Å². The van der Waals surface area contributed by atoms with Crippen LogP contribution in [0.15, 0.2) is 23.1 Å². The topological polar surface area (TPSA) is 79.2 Å². The lowest BCUT2D eigenvalue weighted by molar-refractivity contribution is -0.123. The summed E-state index contributed by atoms with van der Waals surface area (Å²) in [6, 6.07) is 2.62. The standard InChI is InChI=1S/C13H18FN3O2/c1-8(13(15)19)17-5-4-11(14)10(7-17)9-2-3-12(18)16-6-9/h2-3,6,8,10-11H,4-5,7H2,1H3,(H2,15,19)(H,16,18)/t8?,10-,11-/m1/s1. The number of aromatic nitrogens is 1. The molecule has 1 aromatic heterocycles. The lowest BCUT2D eigenvalue weighted by Gasteiger charge is -2.37. The summed E-state index contributed by atoms with van der Waals surface area (Å²) < 4.78 is 14.0. The number of hydrogen-bond acceptors (Lipinski definition) is 3. The van der Waals surface area contributed by atoms with Gasteiger partial charge in [-0.25, -0.2) is 4.39 Å². The summed E-state index contributed by atoms with van der Waals surface area (Å²) in [6.07, 6.45) is 0.932. The van der Waals surface area contributed by atoms with Crippen LogP contribution in [-0.4, -0.2) is 41.1 Å². The summed E-state index contributed by atoms with van der Waals surface area (Å²) in [5, 5.41) is 0. The fraction of sp³-hybridized carbons (Fsp3) is 0.538. The molecule has 1 saturated heterocycles. The van der Waals surface area contributed by atoms with Crippen molar-refractivity contribution in [2.45, 2.75) is 31.5 Å². The van der Waals surface area contributed by atoms with Crippen LogP contribution in [0.4, 0.5) is 4.39 Å². The van der Waals surface area contributed by atoms with Crippen molar-refractivity contribution < 1.29 is 9.18 Å². The summed E-state index contributed by atoms with van der Waals surface area (Å²) in [6.45, 7) is 2.67. The molecule has 1 aromatic rings. The molecule has 1 aliphatic rings. The Morgan fingerprint density at radius 1 is 1.58 bits per heavy atom. The van der Waals surface area contributed by atoms with Crippen molar-refractivity contribution in [1.82, 2.24) is 9.88 Å². The van der Waals surface area contributed by atoms with Gasteiger partial charge >= 0.3 is 0 Å². The van der Waals surface area contributed by atoms with Crippen molar-refractivity contribution in [2.75, 3.05) is 13.1 Å². The molecule has 2 rings (SSSR count). The zero-order chi connectivity index (χ0) is 14.0. The van der Waals surface area contributed by atoms with E-state index in [0.29, 0.717) is 19.5 Å². The van der Waals surface area contributed by atoms with Gasteiger partial charge in [-0.2, -0.15) is 0 Å². The third kappa shape index (κ3) is 3.01. The minimum absolute atomic E-state index is 0.211. The number of nitrogens with two attached hydrogens (primary N) is 1. The number of primary amides is 1. The first-order valence-electron chi connectivity index (χ1n) is 6.35. The van der Waals surface area contributed by atoms with Gasteiger partial charge in [0.2, 0.25) is 11.5 Å². The number of aromatic amines is 1. The second kappa shape index (κ2) is 5.52. The van der Waals surface area contributed by atoms with Gasteiger partial charge in [-0.15, -0.1) is 0 Å². The fourth-order valence-electron chi connectivity index (χ4n) is 2.45. The van der Waals surface area contributed by atoms with E-state index < -0.39 is 18.1 Å². The van der Waals surface area contributed by atoms with E-state index in [9.17, 15) is 14.0 Å². The third-order valence-electron chi connectivity index (χ3n) is 3.76. The molecule has 0 aliphatic carbocycles. The van der Waals surface area contributed by atoms with Crippen LogP contribution in [0, 0.1) is 0 Å². The monoisotopic (exact) mass is 267 g/mol. The number of carbonyl (C=O) groups is 1. The van der Waals surface area contributed by atoms with Gasteiger partial charge in [-0.1, -0.05) is 6.07 Å². The molecule has 1 unspecified atom stereocenters. The van der Waals surface area contributed by atoms with Crippen LogP contribution >= 0.6 is 0 Å². The van der Waals surface area contributed by atoms with Crippen molar-refractivity contribution in [3.8, 4) is 0 Å².